The zero-order chi connectivity index (χ0) is 18.6. The molecule has 2 aliphatic rings. The zero-order valence-electron chi connectivity index (χ0n) is 16.1. The molecule has 6 heteroatoms. The molecule has 2 aliphatic heterocycles. The summed E-state index contributed by atoms with van der Waals surface area (Å²) in [6, 6.07) is 11.0. The van der Waals surface area contributed by atoms with Crippen molar-refractivity contribution in [3.05, 3.63) is 48.3 Å². The van der Waals surface area contributed by atoms with E-state index in [9.17, 15) is 0 Å². The van der Waals surface area contributed by atoms with Crippen molar-refractivity contribution in [3.8, 4) is 5.88 Å². The van der Waals surface area contributed by atoms with Crippen LogP contribution in [-0.2, 0) is 11.3 Å². The van der Waals surface area contributed by atoms with Gasteiger partial charge in [-0.2, -0.15) is 4.98 Å². The summed E-state index contributed by atoms with van der Waals surface area (Å²) in [6.45, 7) is 9.36. The van der Waals surface area contributed by atoms with Crippen LogP contribution in [0.3, 0.4) is 0 Å². The van der Waals surface area contributed by atoms with Crippen molar-refractivity contribution in [1.29, 1.82) is 0 Å². The largest absolute Gasteiger partial charge is 0.476 e. The van der Waals surface area contributed by atoms with Crippen LogP contribution in [0.15, 0.2) is 42.7 Å². The summed E-state index contributed by atoms with van der Waals surface area (Å²) in [5.74, 6) is 1.93. The number of ether oxygens (including phenoxy) is 2. The maximum atomic E-state index is 6.07. The number of anilines is 1. The smallest absolute Gasteiger partial charge is 0.234 e. The van der Waals surface area contributed by atoms with E-state index in [1.807, 2.05) is 6.20 Å². The van der Waals surface area contributed by atoms with Gasteiger partial charge in [0, 0.05) is 26.2 Å². The Kier molecular flexibility index (Phi) is 5.55. The van der Waals surface area contributed by atoms with Gasteiger partial charge in [0.1, 0.15) is 0 Å². The van der Waals surface area contributed by atoms with Gasteiger partial charge in [0.2, 0.25) is 5.88 Å². The van der Waals surface area contributed by atoms with Gasteiger partial charge in [0.25, 0.3) is 0 Å². The van der Waals surface area contributed by atoms with Crippen LogP contribution in [0.5, 0.6) is 5.88 Å². The monoisotopic (exact) mass is 368 g/mol. The van der Waals surface area contributed by atoms with Crippen molar-refractivity contribution in [2.45, 2.75) is 32.5 Å². The molecule has 1 aromatic carbocycles. The van der Waals surface area contributed by atoms with Crippen molar-refractivity contribution in [3.63, 3.8) is 0 Å². The number of rotatable bonds is 6. The van der Waals surface area contributed by atoms with Crippen molar-refractivity contribution < 1.29 is 9.47 Å². The molecule has 0 spiro atoms. The van der Waals surface area contributed by atoms with Crippen molar-refractivity contribution >= 4 is 5.82 Å². The molecule has 4 rings (SSSR count). The number of morpholine rings is 1. The van der Waals surface area contributed by atoms with Crippen molar-refractivity contribution in [2.75, 3.05) is 37.7 Å². The molecule has 0 amide bonds. The molecule has 27 heavy (non-hydrogen) atoms. The molecule has 144 valence electrons. The minimum Gasteiger partial charge on any atom is -0.476 e. The first-order chi connectivity index (χ1) is 13.2. The van der Waals surface area contributed by atoms with Crippen molar-refractivity contribution in [2.24, 2.45) is 5.92 Å². The Bertz CT molecular complexity index is 740. The minimum atomic E-state index is 0.213. The van der Waals surface area contributed by atoms with E-state index >= 15 is 0 Å². The van der Waals surface area contributed by atoms with Gasteiger partial charge in [0.15, 0.2) is 5.82 Å². The van der Waals surface area contributed by atoms with Crippen LogP contribution in [0.1, 0.15) is 19.4 Å². The van der Waals surface area contributed by atoms with E-state index in [2.05, 4.69) is 63.9 Å². The number of hydrogen-bond acceptors (Lipinski definition) is 6. The molecule has 3 heterocycles. The Morgan fingerprint density at radius 3 is 2.85 bits per heavy atom. The maximum Gasteiger partial charge on any atom is 0.234 e. The third-order valence-corrected chi connectivity index (χ3v) is 5.13. The first kappa shape index (κ1) is 18.2. The molecule has 0 bridgehead atoms. The van der Waals surface area contributed by atoms with Gasteiger partial charge in [-0.15, -0.1) is 0 Å². The van der Waals surface area contributed by atoms with Crippen LogP contribution < -0.4 is 9.64 Å². The Labute approximate surface area is 161 Å². The van der Waals surface area contributed by atoms with Gasteiger partial charge in [-0.25, -0.2) is 0 Å². The SMILES string of the molecule is CC(C)COc1cncc(N2CC3OCCN(Cc4ccccc4)C3C2)n1. The van der Waals surface area contributed by atoms with Gasteiger partial charge in [-0.3, -0.25) is 9.88 Å². The number of hydrogen-bond donors (Lipinski definition) is 0. The summed E-state index contributed by atoms with van der Waals surface area (Å²) in [6.07, 6.45) is 3.72. The molecule has 6 nitrogen and oxygen atoms in total. The first-order valence-corrected chi connectivity index (χ1v) is 9.78. The van der Waals surface area contributed by atoms with Gasteiger partial charge in [-0.05, 0) is 11.5 Å². The third-order valence-electron chi connectivity index (χ3n) is 5.13. The fourth-order valence-corrected chi connectivity index (χ4v) is 3.77. The van der Waals surface area contributed by atoms with E-state index in [4.69, 9.17) is 9.47 Å². The van der Waals surface area contributed by atoms with Crippen LogP contribution in [0, 0.1) is 5.92 Å². The van der Waals surface area contributed by atoms with Gasteiger partial charge >= 0.3 is 0 Å². The van der Waals surface area contributed by atoms with Gasteiger partial charge in [-0.1, -0.05) is 44.2 Å². The van der Waals surface area contributed by atoms with Crippen LogP contribution in [0.25, 0.3) is 0 Å². The van der Waals surface area contributed by atoms with Crippen LogP contribution in [-0.4, -0.2) is 59.9 Å². The highest BCUT2D eigenvalue weighted by Crippen LogP contribution is 2.28. The topological polar surface area (TPSA) is 50.7 Å². The molecule has 2 fully saturated rings. The zero-order valence-corrected chi connectivity index (χ0v) is 16.1. The third kappa shape index (κ3) is 4.39. The quantitative estimate of drug-likeness (QED) is 0.781. The summed E-state index contributed by atoms with van der Waals surface area (Å²) in [5.41, 5.74) is 1.35. The Balaban J connectivity index is 1.44. The highest BCUT2D eigenvalue weighted by atomic mass is 16.5. The van der Waals surface area contributed by atoms with Crippen LogP contribution in [0.2, 0.25) is 0 Å². The van der Waals surface area contributed by atoms with E-state index in [0.717, 1.165) is 38.6 Å². The van der Waals surface area contributed by atoms with Gasteiger partial charge in [0.05, 0.1) is 37.8 Å². The summed E-state index contributed by atoms with van der Waals surface area (Å²) in [7, 11) is 0. The molecule has 0 saturated carbocycles. The molecule has 2 saturated heterocycles. The lowest BCUT2D eigenvalue weighted by atomic mass is 10.1. The second-order valence-electron chi connectivity index (χ2n) is 7.76. The Hall–Kier alpha value is -2.18. The predicted molar refractivity (Wildman–Crippen MR) is 105 cm³/mol. The second kappa shape index (κ2) is 8.23. The standard InChI is InChI=1S/C21H28N4O2/c1-16(2)15-27-21-11-22-10-20(23-21)25-13-18-19(14-25)26-9-8-24(18)12-17-6-4-3-5-7-17/h3-7,10-11,16,18-19H,8-9,12-15H2,1-2H3. The molecule has 2 atom stereocenters. The molecular weight excluding hydrogens is 340 g/mol. The lowest BCUT2D eigenvalue weighted by Crippen LogP contribution is -2.50. The van der Waals surface area contributed by atoms with E-state index in [1.165, 1.54) is 5.56 Å². The molecule has 1 aromatic heterocycles. The second-order valence-corrected chi connectivity index (χ2v) is 7.76. The fraction of sp³-hybridized carbons (Fsp3) is 0.524. The number of fused-ring (bicyclic) bond motifs is 1. The van der Waals surface area contributed by atoms with E-state index in [-0.39, 0.29) is 6.10 Å². The lowest BCUT2D eigenvalue weighted by molar-refractivity contribution is -0.0499. The van der Waals surface area contributed by atoms with Crippen LogP contribution in [0.4, 0.5) is 5.82 Å². The molecule has 0 N–H and O–H groups in total. The number of benzene rings is 1. The lowest BCUT2D eigenvalue weighted by Gasteiger charge is -2.36. The maximum absolute atomic E-state index is 6.07. The molecule has 2 aromatic rings. The predicted octanol–water partition coefficient (Wildman–Crippen LogP) is 2.60. The summed E-state index contributed by atoms with van der Waals surface area (Å²) >= 11 is 0. The Morgan fingerprint density at radius 2 is 2.04 bits per heavy atom. The van der Waals surface area contributed by atoms with E-state index in [1.54, 1.807) is 6.20 Å². The Morgan fingerprint density at radius 1 is 1.19 bits per heavy atom. The van der Waals surface area contributed by atoms with Crippen molar-refractivity contribution in [1.82, 2.24) is 14.9 Å². The normalized spacial score (nSPS) is 22.9. The van der Waals surface area contributed by atoms with Crippen LogP contribution >= 0.6 is 0 Å². The highest BCUT2D eigenvalue weighted by Gasteiger charge is 2.40. The highest BCUT2D eigenvalue weighted by molar-refractivity contribution is 5.40. The summed E-state index contributed by atoms with van der Waals surface area (Å²) in [4.78, 5) is 13.8. The number of aromatic nitrogens is 2. The van der Waals surface area contributed by atoms with Gasteiger partial charge < -0.3 is 14.4 Å². The minimum absolute atomic E-state index is 0.213. The first-order valence-electron chi connectivity index (χ1n) is 9.78. The molecule has 0 radical (unpaired) electrons. The summed E-state index contributed by atoms with van der Waals surface area (Å²) in [5, 5.41) is 0. The van der Waals surface area contributed by atoms with E-state index in [0.29, 0.717) is 24.4 Å². The number of nitrogens with zero attached hydrogens (tertiary/aromatic N) is 4. The van der Waals surface area contributed by atoms with E-state index < -0.39 is 0 Å². The summed E-state index contributed by atoms with van der Waals surface area (Å²) < 4.78 is 11.8. The molecular formula is C21H28N4O2. The molecule has 0 aliphatic carbocycles. The average Bonchev–Trinajstić information content (AvgIpc) is 3.13. The fourth-order valence-electron chi connectivity index (χ4n) is 3.77. The molecule has 2 unspecified atom stereocenters. The average molecular weight is 368 g/mol.